The molecule has 35 heavy (non-hydrogen) atoms. The molecule has 2 aromatic carbocycles. The lowest BCUT2D eigenvalue weighted by atomic mass is 9.95. The van der Waals surface area contributed by atoms with E-state index in [1.807, 2.05) is 24.3 Å². The number of benzene rings is 2. The maximum Gasteiger partial charge on any atom is 0.122 e. The van der Waals surface area contributed by atoms with Crippen LogP contribution in [0.15, 0.2) is 53.3 Å². The minimum atomic E-state index is 0.291. The van der Waals surface area contributed by atoms with Gasteiger partial charge in [-0.05, 0) is 84.2 Å². The summed E-state index contributed by atoms with van der Waals surface area (Å²) >= 11 is 0. The highest BCUT2D eigenvalue weighted by atomic mass is 16.5. The van der Waals surface area contributed by atoms with Crippen LogP contribution in [0.3, 0.4) is 0 Å². The first kappa shape index (κ1) is 26.6. The molecule has 0 unspecified atom stereocenters. The second kappa shape index (κ2) is 12.6. The molecule has 0 aromatic heterocycles. The van der Waals surface area contributed by atoms with Crippen LogP contribution >= 0.6 is 0 Å². The van der Waals surface area contributed by atoms with Gasteiger partial charge in [-0.1, -0.05) is 45.9 Å². The van der Waals surface area contributed by atoms with Gasteiger partial charge in [-0.15, -0.1) is 0 Å². The topological polar surface area (TPSA) is 58.5 Å². The Balaban J connectivity index is 1.46. The Labute approximate surface area is 211 Å². The highest BCUT2D eigenvalue weighted by molar-refractivity contribution is 5.64. The average molecular weight is 479 g/mol. The smallest absolute Gasteiger partial charge is 0.122 e. The van der Waals surface area contributed by atoms with Crippen molar-refractivity contribution < 1.29 is 9.47 Å². The summed E-state index contributed by atoms with van der Waals surface area (Å²) in [5.74, 6) is 1.92. The Bertz CT molecular complexity index is 993. The Morgan fingerprint density at radius 3 is 2.43 bits per heavy atom. The minimum absolute atomic E-state index is 0.291. The molecule has 6 nitrogen and oxygen atoms in total. The van der Waals surface area contributed by atoms with E-state index in [4.69, 9.17) is 9.47 Å². The van der Waals surface area contributed by atoms with Gasteiger partial charge < -0.3 is 14.4 Å². The first-order chi connectivity index (χ1) is 16.8. The molecule has 0 saturated heterocycles. The summed E-state index contributed by atoms with van der Waals surface area (Å²) in [6, 6.07) is 12.3. The third kappa shape index (κ3) is 7.74. The van der Waals surface area contributed by atoms with Crippen LogP contribution < -0.4 is 19.8 Å². The van der Waals surface area contributed by atoms with Crippen LogP contribution in [0.25, 0.3) is 5.70 Å². The highest BCUT2D eigenvalue weighted by Crippen LogP contribution is 2.38. The van der Waals surface area contributed by atoms with Crippen molar-refractivity contribution >= 4 is 11.4 Å². The van der Waals surface area contributed by atoms with E-state index in [9.17, 15) is 0 Å². The molecule has 0 bridgehead atoms. The zero-order valence-corrected chi connectivity index (χ0v) is 22.2. The van der Waals surface area contributed by atoms with Gasteiger partial charge in [0.15, 0.2) is 0 Å². The Hall–Kier alpha value is -3.02. The van der Waals surface area contributed by atoms with Gasteiger partial charge in [0, 0.05) is 18.8 Å². The third-order valence-corrected chi connectivity index (χ3v) is 6.05. The van der Waals surface area contributed by atoms with E-state index in [1.54, 1.807) is 7.05 Å². The molecule has 0 aliphatic carbocycles. The predicted molar refractivity (Wildman–Crippen MR) is 145 cm³/mol. The number of hydrogen-bond donors (Lipinski definition) is 1. The van der Waals surface area contributed by atoms with Crippen LogP contribution in [-0.4, -0.2) is 33.4 Å². The lowest BCUT2D eigenvalue weighted by Crippen LogP contribution is -2.31. The number of nitrogens with one attached hydrogen (secondary N) is 1. The number of ether oxygens (including phenoxy) is 2. The second-order valence-corrected chi connectivity index (χ2v) is 10.3. The Kier molecular flexibility index (Phi) is 9.58. The Morgan fingerprint density at radius 1 is 1.06 bits per heavy atom. The van der Waals surface area contributed by atoms with E-state index in [0.717, 1.165) is 62.3 Å². The number of nitrogens with zero attached hydrogens (tertiary/aromatic N) is 3. The number of fused-ring (bicyclic) bond motifs is 1. The van der Waals surface area contributed by atoms with Gasteiger partial charge in [-0.3, -0.25) is 5.43 Å². The first-order valence-corrected chi connectivity index (χ1v) is 12.8. The molecule has 3 rings (SSSR count). The van der Waals surface area contributed by atoms with E-state index in [-0.39, 0.29) is 0 Å². The molecule has 190 valence electrons. The maximum absolute atomic E-state index is 6.27. The molecular formula is C29H42N4O2. The average Bonchev–Trinajstić information content (AvgIpc) is 3.22. The van der Waals surface area contributed by atoms with Gasteiger partial charge >= 0.3 is 0 Å². The monoisotopic (exact) mass is 478 g/mol. The van der Waals surface area contributed by atoms with Crippen molar-refractivity contribution in [3.63, 3.8) is 0 Å². The molecule has 6 heteroatoms. The molecule has 0 amide bonds. The van der Waals surface area contributed by atoms with Crippen LogP contribution in [-0.2, 0) is 12.8 Å². The summed E-state index contributed by atoms with van der Waals surface area (Å²) in [5.41, 5.74) is 9.06. The minimum Gasteiger partial charge on any atom is -0.494 e. The molecule has 0 atom stereocenters. The van der Waals surface area contributed by atoms with Gasteiger partial charge in [0.1, 0.15) is 11.5 Å². The van der Waals surface area contributed by atoms with Crippen LogP contribution in [0, 0.1) is 5.41 Å². The molecule has 1 aliphatic rings. The summed E-state index contributed by atoms with van der Waals surface area (Å²) in [5, 5.41) is 7.41. The SMILES string of the molecule is C=C(NN=NC)c1ccc(OCCCCOc2ccc3c(c2CCC)CCN3CC(C)(C)C)cc1. The zero-order chi connectivity index (χ0) is 25.3. The van der Waals surface area contributed by atoms with Crippen molar-refractivity contribution in [1.82, 2.24) is 5.43 Å². The third-order valence-electron chi connectivity index (χ3n) is 6.05. The summed E-state index contributed by atoms with van der Waals surface area (Å²) in [6.07, 6.45) is 5.23. The van der Waals surface area contributed by atoms with E-state index >= 15 is 0 Å². The van der Waals surface area contributed by atoms with Crippen LogP contribution in [0.1, 0.15) is 63.6 Å². The number of unbranched alkanes of at least 4 members (excludes halogenated alkanes) is 1. The van der Waals surface area contributed by atoms with Crippen LogP contribution in [0.4, 0.5) is 5.69 Å². The van der Waals surface area contributed by atoms with Crippen molar-refractivity contribution in [2.75, 3.05) is 38.3 Å². The summed E-state index contributed by atoms with van der Waals surface area (Å²) in [6.45, 7) is 16.7. The fourth-order valence-corrected chi connectivity index (χ4v) is 4.50. The zero-order valence-electron chi connectivity index (χ0n) is 22.2. The van der Waals surface area contributed by atoms with Crippen LogP contribution in [0.2, 0.25) is 0 Å². The molecule has 2 aromatic rings. The molecule has 1 N–H and O–H groups in total. The van der Waals surface area contributed by atoms with E-state index in [1.165, 1.54) is 16.8 Å². The second-order valence-electron chi connectivity index (χ2n) is 10.3. The van der Waals surface area contributed by atoms with Gasteiger partial charge in [0.05, 0.1) is 26.0 Å². The largest absolute Gasteiger partial charge is 0.494 e. The standard InChI is InChI=1S/C29H42N4O2/c1-7-10-26-25-17-18-33(21-29(3,4)5)27(25)15-16-28(26)35-20-9-8-19-34-24-13-11-23(12-14-24)22(2)31-32-30-6/h11-16H,2,7-10,17-21H2,1,3-6H3,(H,30,31). The van der Waals surface area contributed by atoms with Gasteiger partial charge in [0.25, 0.3) is 0 Å². The highest BCUT2D eigenvalue weighted by Gasteiger charge is 2.26. The van der Waals surface area contributed by atoms with E-state index in [0.29, 0.717) is 24.3 Å². The van der Waals surface area contributed by atoms with Crippen molar-refractivity contribution in [2.45, 2.75) is 59.8 Å². The quantitative estimate of drug-likeness (QED) is 0.194. The lowest BCUT2D eigenvalue weighted by molar-refractivity contribution is 0.265. The van der Waals surface area contributed by atoms with Crippen molar-refractivity contribution in [2.24, 2.45) is 15.8 Å². The van der Waals surface area contributed by atoms with E-state index < -0.39 is 0 Å². The van der Waals surface area contributed by atoms with Crippen LogP contribution in [0.5, 0.6) is 11.5 Å². The molecule has 0 spiro atoms. The molecule has 0 fully saturated rings. The molecule has 1 heterocycles. The van der Waals surface area contributed by atoms with Crippen molar-refractivity contribution in [1.29, 1.82) is 0 Å². The van der Waals surface area contributed by atoms with Gasteiger partial charge in [-0.25, -0.2) is 0 Å². The fourth-order valence-electron chi connectivity index (χ4n) is 4.50. The number of hydrogen-bond acceptors (Lipinski definition) is 5. The van der Waals surface area contributed by atoms with Crippen molar-refractivity contribution in [3.8, 4) is 11.5 Å². The summed E-state index contributed by atoms with van der Waals surface area (Å²) in [4.78, 5) is 2.55. The van der Waals surface area contributed by atoms with E-state index in [2.05, 4.69) is 67.1 Å². The lowest BCUT2D eigenvalue weighted by Gasteiger charge is -2.29. The fraction of sp³-hybridized carbons (Fsp3) is 0.517. The molecule has 1 aliphatic heterocycles. The maximum atomic E-state index is 6.27. The predicted octanol–water partition coefficient (Wildman–Crippen LogP) is 6.84. The van der Waals surface area contributed by atoms with Gasteiger partial charge in [-0.2, -0.15) is 5.11 Å². The number of rotatable bonds is 13. The van der Waals surface area contributed by atoms with Gasteiger partial charge in [0.2, 0.25) is 0 Å². The first-order valence-electron chi connectivity index (χ1n) is 12.8. The molecular weight excluding hydrogens is 436 g/mol. The summed E-state index contributed by atoms with van der Waals surface area (Å²) < 4.78 is 12.2. The normalized spacial score (nSPS) is 13.2. The van der Waals surface area contributed by atoms with Crippen molar-refractivity contribution in [3.05, 3.63) is 59.7 Å². The Morgan fingerprint density at radius 2 is 1.77 bits per heavy atom. The number of anilines is 1. The summed E-state index contributed by atoms with van der Waals surface area (Å²) in [7, 11) is 1.61. The molecule has 0 radical (unpaired) electrons. The molecule has 0 saturated carbocycles.